The van der Waals surface area contributed by atoms with Crippen LogP contribution in [-0.2, 0) is 0 Å². The molecule has 0 aliphatic heterocycles. The Bertz CT molecular complexity index is 133. The highest BCUT2D eigenvalue weighted by Gasteiger charge is 2.00. The Kier molecular flexibility index (Phi) is 14.9. The van der Waals surface area contributed by atoms with Gasteiger partial charge < -0.3 is 0 Å². The summed E-state index contributed by atoms with van der Waals surface area (Å²) in [6, 6.07) is 0. The maximum absolute atomic E-state index is 3.04. The molecular formula is C16H35P. The molecule has 0 aromatic rings. The van der Waals surface area contributed by atoms with E-state index in [0.29, 0.717) is 0 Å². The van der Waals surface area contributed by atoms with E-state index >= 15 is 0 Å². The van der Waals surface area contributed by atoms with Crippen molar-refractivity contribution in [3.05, 3.63) is 0 Å². The van der Waals surface area contributed by atoms with Gasteiger partial charge in [-0.3, -0.25) is 0 Å². The standard InChI is InChI=1S/C16H35P/c1-3-5-7-8-9-10-11-12-13-15-16(17)14-6-4-2/h16H,3-15,17H2,1-2H3. The Hall–Kier alpha value is 0.430. The minimum Gasteiger partial charge on any atom is -0.134 e. The summed E-state index contributed by atoms with van der Waals surface area (Å²) < 4.78 is 0. The summed E-state index contributed by atoms with van der Waals surface area (Å²) in [5, 5.41) is 0. The molecule has 0 saturated heterocycles. The topological polar surface area (TPSA) is 0 Å². The molecule has 0 aliphatic carbocycles. The van der Waals surface area contributed by atoms with Crippen LogP contribution < -0.4 is 0 Å². The third-order valence-corrected chi connectivity index (χ3v) is 4.27. The van der Waals surface area contributed by atoms with Gasteiger partial charge in [0.15, 0.2) is 0 Å². The molecule has 0 aromatic carbocycles. The Labute approximate surface area is 113 Å². The van der Waals surface area contributed by atoms with Gasteiger partial charge in [0.05, 0.1) is 0 Å². The summed E-state index contributed by atoms with van der Waals surface area (Å²) in [6.07, 6.45) is 18.7. The number of hydrogen-bond donors (Lipinski definition) is 0. The quantitative estimate of drug-likeness (QED) is 0.267. The third-order valence-electron chi connectivity index (χ3n) is 3.61. The molecule has 0 bridgehead atoms. The fraction of sp³-hybridized carbons (Fsp3) is 1.00. The second-order valence-corrected chi connectivity index (χ2v) is 6.46. The van der Waals surface area contributed by atoms with Crippen LogP contribution in [0.1, 0.15) is 97.3 Å². The van der Waals surface area contributed by atoms with Crippen molar-refractivity contribution in [3.63, 3.8) is 0 Å². The molecule has 0 radical (unpaired) electrons. The average molecular weight is 258 g/mol. The maximum atomic E-state index is 3.04. The summed E-state index contributed by atoms with van der Waals surface area (Å²) >= 11 is 0. The molecule has 0 rings (SSSR count). The molecule has 0 aliphatic rings. The summed E-state index contributed by atoms with van der Waals surface area (Å²) in [4.78, 5) is 0. The predicted molar refractivity (Wildman–Crippen MR) is 84.9 cm³/mol. The van der Waals surface area contributed by atoms with Crippen LogP contribution in [0.25, 0.3) is 0 Å². The predicted octanol–water partition coefficient (Wildman–Crippen LogP) is 6.34. The lowest BCUT2D eigenvalue weighted by molar-refractivity contribution is 0.543. The van der Waals surface area contributed by atoms with Gasteiger partial charge in [0.1, 0.15) is 0 Å². The zero-order chi connectivity index (χ0) is 12.8. The first kappa shape index (κ1) is 17.4. The summed E-state index contributed by atoms with van der Waals surface area (Å²) in [5.41, 5.74) is 0.888. The van der Waals surface area contributed by atoms with E-state index in [2.05, 4.69) is 23.1 Å². The van der Waals surface area contributed by atoms with Gasteiger partial charge in [0.25, 0.3) is 0 Å². The Balaban J connectivity index is 3.02. The largest absolute Gasteiger partial charge is 0.134 e. The van der Waals surface area contributed by atoms with Crippen LogP contribution in [-0.4, -0.2) is 5.66 Å². The lowest BCUT2D eigenvalue weighted by atomic mass is 10.0. The summed E-state index contributed by atoms with van der Waals surface area (Å²) in [6.45, 7) is 4.58. The van der Waals surface area contributed by atoms with Gasteiger partial charge in [-0.1, -0.05) is 84.5 Å². The van der Waals surface area contributed by atoms with Crippen LogP contribution in [0.15, 0.2) is 0 Å². The summed E-state index contributed by atoms with van der Waals surface area (Å²) in [5.74, 6) is 0. The summed E-state index contributed by atoms with van der Waals surface area (Å²) in [7, 11) is 3.04. The molecule has 0 N–H and O–H groups in total. The van der Waals surface area contributed by atoms with Gasteiger partial charge in [-0.05, 0) is 18.5 Å². The highest BCUT2D eigenvalue weighted by molar-refractivity contribution is 7.17. The van der Waals surface area contributed by atoms with E-state index in [9.17, 15) is 0 Å². The van der Waals surface area contributed by atoms with Crippen molar-refractivity contribution in [2.75, 3.05) is 0 Å². The van der Waals surface area contributed by atoms with Crippen molar-refractivity contribution in [1.29, 1.82) is 0 Å². The molecule has 0 fully saturated rings. The van der Waals surface area contributed by atoms with Crippen LogP contribution in [0.4, 0.5) is 0 Å². The van der Waals surface area contributed by atoms with Crippen LogP contribution in [0, 0.1) is 0 Å². The Morgan fingerprint density at radius 2 is 1.00 bits per heavy atom. The van der Waals surface area contributed by atoms with E-state index in [1.54, 1.807) is 0 Å². The van der Waals surface area contributed by atoms with E-state index < -0.39 is 0 Å². The smallest absolute Gasteiger partial charge is 0.0264 e. The van der Waals surface area contributed by atoms with Crippen molar-refractivity contribution in [2.45, 2.75) is 103 Å². The lowest BCUT2D eigenvalue weighted by Crippen LogP contribution is -1.97. The maximum Gasteiger partial charge on any atom is -0.0264 e. The zero-order valence-electron chi connectivity index (χ0n) is 12.3. The van der Waals surface area contributed by atoms with Crippen molar-refractivity contribution in [1.82, 2.24) is 0 Å². The number of rotatable bonds is 13. The van der Waals surface area contributed by atoms with Gasteiger partial charge in [-0.25, -0.2) is 0 Å². The van der Waals surface area contributed by atoms with Gasteiger partial charge in [-0.2, -0.15) is 0 Å². The monoisotopic (exact) mass is 258 g/mol. The average Bonchev–Trinajstić information content (AvgIpc) is 2.34. The highest BCUT2D eigenvalue weighted by atomic mass is 31.0. The third kappa shape index (κ3) is 14.4. The second-order valence-electron chi connectivity index (χ2n) is 5.52. The zero-order valence-corrected chi connectivity index (χ0v) is 13.5. The van der Waals surface area contributed by atoms with Crippen molar-refractivity contribution >= 4 is 9.24 Å². The molecular weight excluding hydrogens is 223 g/mol. The highest BCUT2D eigenvalue weighted by Crippen LogP contribution is 2.18. The lowest BCUT2D eigenvalue weighted by Gasteiger charge is -2.09. The SMILES string of the molecule is CCCCCCCCCCCC(P)CCCC. The van der Waals surface area contributed by atoms with Gasteiger partial charge >= 0.3 is 0 Å². The first-order chi connectivity index (χ1) is 8.31. The normalized spacial score (nSPS) is 12.9. The van der Waals surface area contributed by atoms with Gasteiger partial charge in [-0.15, -0.1) is 9.24 Å². The van der Waals surface area contributed by atoms with Crippen LogP contribution >= 0.6 is 9.24 Å². The van der Waals surface area contributed by atoms with Gasteiger partial charge in [0.2, 0.25) is 0 Å². The van der Waals surface area contributed by atoms with Crippen LogP contribution in [0.3, 0.4) is 0 Å². The van der Waals surface area contributed by atoms with E-state index in [1.165, 1.54) is 83.5 Å². The molecule has 0 spiro atoms. The second kappa shape index (κ2) is 14.5. The molecule has 1 heteroatoms. The fourth-order valence-electron chi connectivity index (χ4n) is 2.33. The Morgan fingerprint density at radius 3 is 1.53 bits per heavy atom. The molecule has 0 saturated carbocycles. The molecule has 104 valence electrons. The van der Waals surface area contributed by atoms with Crippen molar-refractivity contribution in [2.24, 2.45) is 0 Å². The Morgan fingerprint density at radius 1 is 0.588 bits per heavy atom. The molecule has 0 amide bonds. The van der Waals surface area contributed by atoms with Gasteiger partial charge in [0, 0.05) is 0 Å². The first-order valence-electron chi connectivity index (χ1n) is 8.06. The number of unbranched alkanes of at least 4 members (excludes halogenated alkanes) is 9. The van der Waals surface area contributed by atoms with Crippen LogP contribution in [0.2, 0.25) is 0 Å². The molecule has 2 unspecified atom stereocenters. The van der Waals surface area contributed by atoms with Crippen LogP contribution in [0.5, 0.6) is 0 Å². The molecule has 0 nitrogen and oxygen atoms in total. The van der Waals surface area contributed by atoms with E-state index in [1.807, 2.05) is 0 Å². The number of hydrogen-bond acceptors (Lipinski definition) is 0. The molecule has 17 heavy (non-hydrogen) atoms. The van der Waals surface area contributed by atoms with E-state index in [4.69, 9.17) is 0 Å². The minimum absolute atomic E-state index is 0.888. The molecule has 0 heterocycles. The fourth-order valence-corrected chi connectivity index (χ4v) is 2.80. The van der Waals surface area contributed by atoms with Crippen molar-refractivity contribution in [3.8, 4) is 0 Å². The minimum atomic E-state index is 0.888. The van der Waals surface area contributed by atoms with Crippen molar-refractivity contribution < 1.29 is 0 Å². The first-order valence-corrected chi connectivity index (χ1v) is 8.73. The molecule has 2 atom stereocenters. The van der Waals surface area contributed by atoms with E-state index in [0.717, 1.165) is 5.66 Å². The van der Waals surface area contributed by atoms with E-state index in [-0.39, 0.29) is 0 Å². The molecule has 0 aromatic heterocycles.